The number of anilines is 1. The van der Waals surface area contributed by atoms with Gasteiger partial charge < -0.3 is 25.0 Å². The summed E-state index contributed by atoms with van der Waals surface area (Å²) in [7, 11) is 0. The maximum Gasteiger partial charge on any atom is 0.407 e. The molecule has 2 N–H and O–H groups in total. The van der Waals surface area contributed by atoms with Crippen LogP contribution in [-0.4, -0.2) is 54.6 Å². The van der Waals surface area contributed by atoms with Crippen molar-refractivity contribution < 1.29 is 19.1 Å². The molecule has 1 aromatic heterocycles. The average Bonchev–Trinajstić information content (AvgIpc) is 3.28. The highest BCUT2D eigenvalue weighted by Gasteiger charge is 2.17. The van der Waals surface area contributed by atoms with Crippen molar-refractivity contribution in [1.82, 2.24) is 15.6 Å². The highest BCUT2D eigenvalue weighted by atomic mass is 32.1. The van der Waals surface area contributed by atoms with Crippen LogP contribution in [0.15, 0.2) is 46.1 Å². The fourth-order valence-electron chi connectivity index (χ4n) is 3.02. The largest absolute Gasteiger partial charge is 0.444 e. The number of nitrogens with zero attached hydrogens (tertiary/aromatic N) is 4. The minimum Gasteiger partial charge on any atom is -0.444 e. The first-order valence-electron chi connectivity index (χ1n) is 12.0. The molecule has 198 valence electrons. The van der Waals surface area contributed by atoms with Gasteiger partial charge in [0.05, 0.1) is 5.69 Å². The lowest BCUT2D eigenvalue weighted by molar-refractivity contribution is 0.0516. The van der Waals surface area contributed by atoms with Gasteiger partial charge in [-0.2, -0.15) is 0 Å². The Morgan fingerprint density at radius 2 is 1.42 bits per heavy atom. The monoisotopic (exact) mass is 518 g/mol. The minimum atomic E-state index is -0.532. The molecule has 2 amide bonds. The van der Waals surface area contributed by atoms with E-state index in [9.17, 15) is 9.59 Å². The lowest BCUT2D eigenvalue weighted by Crippen LogP contribution is -2.36. The molecule has 1 aromatic carbocycles. The highest BCUT2D eigenvalue weighted by molar-refractivity contribution is 7.13. The van der Waals surface area contributed by atoms with Gasteiger partial charge in [0.15, 0.2) is 0 Å². The van der Waals surface area contributed by atoms with Crippen molar-refractivity contribution in [2.45, 2.75) is 65.6 Å². The zero-order valence-corrected chi connectivity index (χ0v) is 22.9. The van der Waals surface area contributed by atoms with Crippen molar-refractivity contribution in [2.24, 2.45) is 10.2 Å². The van der Waals surface area contributed by atoms with E-state index in [1.54, 1.807) is 6.20 Å². The smallest absolute Gasteiger partial charge is 0.407 e. The summed E-state index contributed by atoms with van der Waals surface area (Å²) in [6.45, 7) is 13.4. The minimum absolute atomic E-state index is 0.425. The van der Waals surface area contributed by atoms with Gasteiger partial charge in [-0.3, -0.25) is 0 Å². The Hall–Kier alpha value is -3.21. The zero-order valence-electron chi connectivity index (χ0n) is 22.0. The maximum absolute atomic E-state index is 11.9. The second-order valence-corrected chi connectivity index (χ2v) is 11.0. The quantitative estimate of drug-likeness (QED) is 0.270. The van der Waals surface area contributed by atoms with E-state index in [0.29, 0.717) is 31.3 Å². The van der Waals surface area contributed by atoms with Crippen LogP contribution in [0.4, 0.5) is 26.1 Å². The van der Waals surface area contributed by atoms with Gasteiger partial charge in [-0.05, 0) is 78.6 Å². The van der Waals surface area contributed by atoms with Crippen molar-refractivity contribution >= 4 is 40.0 Å². The Labute approximate surface area is 217 Å². The molecule has 0 aliphatic heterocycles. The first-order valence-corrected chi connectivity index (χ1v) is 12.9. The molecule has 0 radical (unpaired) electrons. The van der Waals surface area contributed by atoms with E-state index < -0.39 is 23.4 Å². The van der Waals surface area contributed by atoms with Crippen molar-refractivity contribution in [2.75, 3.05) is 31.1 Å². The second kappa shape index (κ2) is 13.8. The number of benzene rings is 1. The van der Waals surface area contributed by atoms with E-state index in [1.807, 2.05) is 71.2 Å². The number of nitrogens with one attached hydrogen (secondary N) is 2. The van der Waals surface area contributed by atoms with Crippen LogP contribution in [0.2, 0.25) is 0 Å². The number of rotatable bonds is 11. The van der Waals surface area contributed by atoms with Gasteiger partial charge in [0, 0.05) is 43.4 Å². The van der Waals surface area contributed by atoms with Gasteiger partial charge in [-0.1, -0.05) is 0 Å². The topological polar surface area (TPSA) is 118 Å². The summed E-state index contributed by atoms with van der Waals surface area (Å²) in [5.74, 6) is 0. The van der Waals surface area contributed by atoms with E-state index in [1.165, 1.54) is 11.3 Å². The summed E-state index contributed by atoms with van der Waals surface area (Å²) < 4.78 is 10.6. The Kier molecular flexibility index (Phi) is 11.1. The third-order valence-electron chi connectivity index (χ3n) is 4.43. The first kappa shape index (κ1) is 29.0. The molecule has 0 saturated heterocycles. The molecular weight excluding hydrogens is 480 g/mol. The van der Waals surface area contributed by atoms with Gasteiger partial charge in [-0.15, -0.1) is 21.6 Å². The molecule has 0 unspecified atom stereocenters. The average molecular weight is 519 g/mol. The predicted molar refractivity (Wildman–Crippen MR) is 143 cm³/mol. The predicted octanol–water partition coefficient (Wildman–Crippen LogP) is 6.19. The summed E-state index contributed by atoms with van der Waals surface area (Å²) in [6, 6.07) is 7.77. The molecule has 0 aliphatic rings. The third kappa shape index (κ3) is 12.5. The molecule has 0 spiro atoms. The fourth-order valence-corrected chi connectivity index (χ4v) is 3.47. The van der Waals surface area contributed by atoms with Crippen LogP contribution in [0.25, 0.3) is 0 Å². The molecule has 0 fully saturated rings. The Morgan fingerprint density at radius 3 is 1.86 bits per heavy atom. The van der Waals surface area contributed by atoms with Gasteiger partial charge >= 0.3 is 12.2 Å². The molecule has 2 rings (SSSR count). The van der Waals surface area contributed by atoms with Crippen LogP contribution in [0, 0.1) is 0 Å². The van der Waals surface area contributed by atoms with E-state index in [4.69, 9.17) is 9.47 Å². The van der Waals surface area contributed by atoms with Crippen molar-refractivity contribution in [1.29, 1.82) is 0 Å². The molecule has 0 bridgehead atoms. The summed E-state index contributed by atoms with van der Waals surface area (Å²) in [6.07, 6.45) is 2.29. The molecule has 0 atom stereocenters. The number of amides is 2. The lowest BCUT2D eigenvalue weighted by atomic mass is 10.2. The number of carbonyl (C=O) groups is 2. The van der Waals surface area contributed by atoms with Gasteiger partial charge in [0.1, 0.15) is 11.2 Å². The van der Waals surface area contributed by atoms with E-state index in [-0.39, 0.29) is 0 Å². The molecule has 0 aliphatic carbocycles. The molecule has 1 heterocycles. The Balaban J connectivity index is 1.92. The Bertz CT molecular complexity index is 930. The highest BCUT2D eigenvalue weighted by Crippen LogP contribution is 2.23. The molecule has 0 saturated carbocycles. The van der Waals surface area contributed by atoms with Crippen molar-refractivity contribution in [3.05, 3.63) is 35.8 Å². The number of alkyl carbamates (subject to hydrolysis) is 2. The fraction of sp³-hybridized carbons (Fsp3) is 0.560. The SMILES string of the molecule is CC(C)(C)OC(=O)NCCCN(CCCNC(=O)OC(C)(C)C)c1ccc(N=Nc2nccs2)cc1. The molecular formula is C25H38N6O4S. The number of carbonyl (C=O) groups excluding carboxylic acids is 2. The Morgan fingerprint density at radius 1 is 0.889 bits per heavy atom. The van der Waals surface area contributed by atoms with Crippen LogP contribution in [0.1, 0.15) is 54.4 Å². The molecule has 2 aromatic rings. The van der Waals surface area contributed by atoms with Gasteiger partial charge in [0.25, 0.3) is 0 Å². The summed E-state index contributed by atoms with van der Waals surface area (Å²) in [4.78, 5) is 30.1. The van der Waals surface area contributed by atoms with Crippen molar-refractivity contribution in [3.8, 4) is 0 Å². The summed E-state index contributed by atoms with van der Waals surface area (Å²) >= 11 is 1.42. The number of ether oxygens (including phenoxy) is 2. The van der Waals surface area contributed by atoms with Crippen LogP contribution in [-0.2, 0) is 9.47 Å². The maximum atomic E-state index is 11.9. The van der Waals surface area contributed by atoms with Crippen LogP contribution in [0.5, 0.6) is 0 Å². The number of aromatic nitrogens is 1. The number of hydrogen-bond acceptors (Lipinski definition) is 9. The molecule has 36 heavy (non-hydrogen) atoms. The van der Waals surface area contributed by atoms with Crippen LogP contribution in [0.3, 0.4) is 0 Å². The standard InChI is InChI=1S/C25H38N6O4S/c1-24(2,3)34-22(32)27-13-7-16-31(17-8-14-28-23(33)35-25(4,5)6)20-11-9-19(10-12-20)29-30-21-26-15-18-36-21/h9-12,15,18H,7-8,13-14,16-17H2,1-6H3,(H,27,32)(H,28,33). The van der Waals surface area contributed by atoms with Gasteiger partial charge in [0.2, 0.25) is 5.13 Å². The van der Waals surface area contributed by atoms with Crippen LogP contribution < -0.4 is 15.5 Å². The van der Waals surface area contributed by atoms with Crippen molar-refractivity contribution in [3.63, 3.8) is 0 Å². The normalized spacial score (nSPS) is 11.8. The number of hydrogen-bond donors (Lipinski definition) is 2. The van der Waals surface area contributed by atoms with Gasteiger partial charge in [-0.25, -0.2) is 14.6 Å². The number of azo groups is 1. The van der Waals surface area contributed by atoms with E-state index in [2.05, 4.69) is 30.7 Å². The number of thiazole rings is 1. The summed E-state index contributed by atoms with van der Waals surface area (Å²) in [5.41, 5.74) is 0.677. The zero-order chi connectivity index (χ0) is 26.6. The van der Waals surface area contributed by atoms with E-state index in [0.717, 1.165) is 24.2 Å². The molecule has 11 heteroatoms. The summed E-state index contributed by atoms with van der Waals surface area (Å²) in [5, 5.41) is 16.4. The first-order chi connectivity index (χ1) is 16.9. The van der Waals surface area contributed by atoms with E-state index >= 15 is 0 Å². The van der Waals surface area contributed by atoms with Crippen LogP contribution >= 0.6 is 11.3 Å². The third-order valence-corrected chi connectivity index (χ3v) is 5.09. The molecule has 10 nitrogen and oxygen atoms in total. The lowest BCUT2D eigenvalue weighted by Gasteiger charge is -2.26. The second-order valence-electron chi connectivity index (χ2n) is 10.1.